The second kappa shape index (κ2) is 6.01. The van der Waals surface area contributed by atoms with Crippen LogP contribution in [-0.2, 0) is 0 Å². The number of imidazole rings is 1. The first-order valence-corrected chi connectivity index (χ1v) is 7.49. The zero-order valence-electron chi connectivity index (χ0n) is 11.5. The molecule has 0 atom stereocenters. The quantitative estimate of drug-likeness (QED) is 0.578. The number of nitrogens with one attached hydrogen (secondary N) is 1. The first kappa shape index (κ1) is 13.7. The van der Waals surface area contributed by atoms with Gasteiger partial charge >= 0.3 is 0 Å². The highest BCUT2D eigenvalue weighted by molar-refractivity contribution is 7.99. The van der Waals surface area contributed by atoms with Crippen LogP contribution < -0.4 is 4.74 Å². The van der Waals surface area contributed by atoms with Crippen molar-refractivity contribution < 1.29 is 9.53 Å². The van der Waals surface area contributed by atoms with Gasteiger partial charge in [0.05, 0.1) is 23.9 Å². The molecule has 0 saturated carbocycles. The zero-order valence-corrected chi connectivity index (χ0v) is 12.3. The van der Waals surface area contributed by atoms with E-state index in [0.29, 0.717) is 11.3 Å². The number of aromatic amines is 1. The van der Waals surface area contributed by atoms with Gasteiger partial charge in [-0.05, 0) is 36.4 Å². The third-order valence-electron chi connectivity index (χ3n) is 3.12. The normalized spacial score (nSPS) is 10.7. The van der Waals surface area contributed by atoms with E-state index in [0.717, 1.165) is 21.9 Å². The molecule has 3 rings (SSSR count). The van der Waals surface area contributed by atoms with Crippen LogP contribution in [0.25, 0.3) is 11.0 Å². The lowest BCUT2D eigenvalue weighted by atomic mass is 10.1. The Bertz CT molecular complexity index is 732. The maximum atomic E-state index is 12.1. The van der Waals surface area contributed by atoms with Crippen molar-refractivity contribution in [3.63, 3.8) is 0 Å². The fraction of sp³-hybridized carbons (Fsp3) is 0.125. The summed E-state index contributed by atoms with van der Waals surface area (Å²) < 4.78 is 5.08. The van der Waals surface area contributed by atoms with Gasteiger partial charge in [-0.25, -0.2) is 4.98 Å². The molecule has 3 aromatic rings. The van der Waals surface area contributed by atoms with Gasteiger partial charge in [0.2, 0.25) is 0 Å². The number of ketones is 1. The molecule has 0 amide bonds. The van der Waals surface area contributed by atoms with E-state index in [9.17, 15) is 4.79 Å². The van der Waals surface area contributed by atoms with Crippen LogP contribution in [0.4, 0.5) is 0 Å². The van der Waals surface area contributed by atoms with E-state index in [2.05, 4.69) is 9.97 Å². The number of fused-ring (bicyclic) bond motifs is 1. The Morgan fingerprint density at radius 3 is 2.67 bits per heavy atom. The molecular weight excluding hydrogens is 284 g/mol. The van der Waals surface area contributed by atoms with Crippen LogP contribution in [0.1, 0.15) is 10.4 Å². The van der Waals surface area contributed by atoms with Crippen molar-refractivity contribution in [1.82, 2.24) is 9.97 Å². The molecule has 2 aromatic carbocycles. The number of H-pyrrole nitrogens is 1. The molecule has 5 heteroatoms. The third-order valence-corrected chi connectivity index (χ3v) is 3.99. The zero-order chi connectivity index (χ0) is 14.7. The Balaban J connectivity index is 1.67. The summed E-state index contributed by atoms with van der Waals surface area (Å²) in [4.78, 5) is 19.8. The molecule has 1 aromatic heterocycles. The molecule has 1 N–H and O–H groups in total. The Kier molecular flexibility index (Phi) is 3.92. The number of aromatic nitrogens is 2. The summed E-state index contributed by atoms with van der Waals surface area (Å²) in [5, 5.41) is 0.762. The predicted molar refractivity (Wildman–Crippen MR) is 84.1 cm³/mol. The Hall–Kier alpha value is -2.27. The lowest BCUT2D eigenvalue weighted by molar-refractivity contribution is 0.102. The minimum absolute atomic E-state index is 0.0723. The molecule has 106 valence electrons. The number of ether oxygens (including phenoxy) is 1. The predicted octanol–water partition coefficient (Wildman–Crippen LogP) is 3.55. The minimum atomic E-state index is 0.0723. The van der Waals surface area contributed by atoms with Crippen LogP contribution in [0.3, 0.4) is 0 Å². The van der Waals surface area contributed by atoms with Crippen molar-refractivity contribution in [1.29, 1.82) is 0 Å². The van der Waals surface area contributed by atoms with Crippen LogP contribution in [0.2, 0.25) is 0 Å². The number of rotatable bonds is 5. The second-order valence-electron chi connectivity index (χ2n) is 4.50. The first-order chi connectivity index (χ1) is 10.3. The van der Waals surface area contributed by atoms with Gasteiger partial charge in [-0.1, -0.05) is 23.9 Å². The van der Waals surface area contributed by atoms with E-state index in [4.69, 9.17) is 4.74 Å². The monoisotopic (exact) mass is 298 g/mol. The molecule has 0 bridgehead atoms. The summed E-state index contributed by atoms with van der Waals surface area (Å²) in [6, 6.07) is 15.0. The highest BCUT2D eigenvalue weighted by Crippen LogP contribution is 2.20. The maximum Gasteiger partial charge on any atom is 0.173 e. The fourth-order valence-electron chi connectivity index (χ4n) is 1.99. The van der Waals surface area contributed by atoms with Crippen LogP contribution >= 0.6 is 11.8 Å². The number of nitrogens with zero attached hydrogens (tertiary/aromatic N) is 1. The molecule has 0 spiro atoms. The van der Waals surface area contributed by atoms with Crippen molar-refractivity contribution in [2.75, 3.05) is 12.9 Å². The fourth-order valence-corrected chi connectivity index (χ4v) is 2.77. The summed E-state index contributed by atoms with van der Waals surface area (Å²) in [6.45, 7) is 0. The molecule has 21 heavy (non-hydrogen) atoms. The van der Waals surface area contributed by atoms with Crippen LogP contribution in [0, 0.1) is 0 Å². The first-order valence-electron chi connectivity index (χ1n) is 6.51. The Morgan fingerprint density at radius 1 is 1.19 bits per heavy atom. The topological polar surface area (TPSA) is 55.0 Å². The number of carbonyl (C=O) groups is 1. The molecular formula is C16H14N2O2S. The van der Waals surface area contributed by atoms with Gasteiger partial charge in [0.25, 0.3) is 0 Å². The lowest BCUT2D eigenvalue weighted by Gasteiger charge is -2.02. The molecule has 0 saturated heterocycles. The number of hydrogen-bond donors (Lipinski definition) is 1. The van der Waals surface area contributed by atoms with E-state index in [1.807, 2.05) is 24.3 Å². The van der Waals surface area contributed by atoms with Gasteiger partial charge in [-0.2, -0.15) is 0 Å². The smallest absolute Gasteiger partial charge is 0.173 e. The van der Waals surface area contributed by atoms with E-state index < -0.39 is 0 Å². The number of carbonyl (C=O) groups excluding carboxylic acids is 1. The SMILES string of the molecule is COc1ccc(C(=O)CSc2nc3ccccc3[nH]2)cc1. The summed E-state index contributed by atoms with van der Waals surface area (Å²) in [5.74, 6) is 1.17. The minimum Gasteiger partial charge on any atom is -0.497 e. The van der Waals surface area contributed by atoms with Crippen molar-refractivity contribution in [2.45, 2.75) is 5.16 Å². The van der Waals surface area contributed by atoms with Gasteiger partial charge in [-0.3, -0.25) is 4.79 Å². The summed E-state index contributed by atoms with van der Waals surface area (Å²) in [5.41, 5.74) is 2.58. The summed E-state index contributed by atoms with van der Waals surface area (Å²) in [6.07, 6.45) is 0. The summed E-state index contributed by atoms with van der Waals surface area (Å²) >= 11 is 1.41. The number of benzene rings is 2. The number of para-hydroxylation sites is 2. The van der Waals surface area contributed by atoms with Gasteiger partial charge < -0.3 is 9.72 Å². The van der Waals surface area contributed by atoms with Crippen molar-refractivity contribution in [3.05, 3.63) is 54.1 Å². The number of Topliss-reactive ketones (excluding diaryl/α,β-unsaturated/α-hetero) is 1. The van der Waals surface area contributed by atoms with Gasteiger partial charge in [0.1, 0.15) is 5.75 Å². The van der Waals surface area contributed by atoms with Crippen LogP contribution in [0.5, 0.6) is 5.75 Å². The standard InChI is InChI=1S/C16H14N2O2S/c1-20-12-8-6-11(7-9-12)15(19)10-21-16-17-13-4-2-3-5-14(13)18-16/h2-9H,10H2,1H3,(H,17,18). The van der Waals surface area contributed by atoms with Gasteiger partial charge in [0.15, 0.2) is 10.9 Å². The van der Waals surface area contributed by atoms with Crippen molar-refractivity contribution in [2.24, 2.45) is 0 Å². The number of thioether (sulfide) groups is 1. The Labute approximate surface area is 126 Å². The molecule has 0 radical (unpaired) electrons. The average Bonchev–Trinajstić information content (AvgIpc) is 2.95. The van der Waals surface area contributed by atoms with Gasteiger partial charge in [-0.15, -0.1) is 0 Å². The molecule has 0 unspecified atom stereocenters. The average molecular weight is 298 g/mol. The largest absolute Gasteiger partial charge is 0.497 e. The molecule has 1 heterocycles. The molecule has 0 aliphatic rings. The van der Waals surface area contributed by atoms with Gasteiger partial charge in [0, 0.05) is 5.56 Å². The second-order valence-corrected chi connectivity index (χ2v) is 5.46. The van der Waals surface area contributed by atoms with E-state index in [-0.39, 0.29) is 5.78 Å². The van der Waals surface area contributed by atoms with Crippen LogP contribution in [-0.4, -0.2) is 28.6 Å². The molecule has 0 aliphatic carbocycles. The van der Waals surface area contributed by atoms with Crippen LogP contribution in [0.15, 0.2) is 53.7 Å². The molecule has 0 aliphatic heterocycles. The lowest BCUT2D eigenvalue weighted by Crippen LogP contribution is -2.02. The summed E-state index contributed by atoms with van der Waals surface area (Å²) in [7, 11) is 1.61. The van der Waals surface area contributed by atoms with E-state index in [1.165, 1.54) is 11.8 Å². The highest BCUT2D eigenvalue weighted by atomic mass is 32.2. The molecule has 4 nitrogen and oxygen atoms in total. The highest BCUT2D eigenvalue weighted by Gasteiger charge is 2.09. The maximum absolute atomic E-state index is 12.1. The Morgan fingerprint density at radius 2 is 1.95 bits per heavy atom. The van der Waals surface area contributed by atoms with Crippen molar-refractivity contribution >= 4 is 28.6 Å². The third kappa shape index (κ3) is 3.08. The van der Waals surface area contributed by atoms with E-state index in [1.54, 1.807) is 31.4 Å². The number of hydrogen-bond acceptors (Lipinski definition) is 4. The van der Waals surface area contributed by atoms with Crippen molar-refractivity contribution in [3.8, 4) is 5.75 Å². The number of methoxy groups -OCH3 is 1. The molecule has 0 fully saturated rings. The van der Waals surface area contributed by atoms with E-state index >= 15 is 0 Å².